The Hall–Kier alpha value is -2.49. The van der Waals surface area contributed by atoms with Crippen molar-refractivity contribution in [2.75, 3.05) is 17.7 Å². The van der Waals surface area contributed by atoms with Crippen molar-refractivity contribution in [2.45, 2.75) is 11.8 Å². The molecule has 0 amide bonds. The largest absolute Gasteiger partial charge is 0.338 e. The average Bonchev–Trinajstić information content (AvgIpc) is 2.65. The highest BCUT2D eigenvalue weighted by Crippen LogP contribution is 2.29. The summed E-state index contributed by atoms with van der Waals surface area (Å²) in [5, 5.41) is 6.20. The van der Waals surface area contributed by atoms with Crippen LogP contribution in [0.1, 0.15) is 5.56 Å². The van der Waals surface area contributed by atoms with E-state index in [1.165, 1.54) is 13.1 Å². The summed E-state index contributed by atoms with van der Waals surface area (Å²) in [5.41, 5.74) is 2.39. The molecular weight excluding hydrogens is 430 g/mol. The summed E-state index contributed by atoms with van der Waals surface area (Å²) >= 11 is 3.40. The predicted molar refractivity (Wildman–Crippen MR) is 110 cm³/mol. The minimum absolute atomic E-state index is 0.131. The summed E-state index contributed by atoms with van der Waals surface area (Å²) in [4.78, 5) is 8.83. The molecule has 140 valence electrons. The standard InChI is InChI=1S/C18H18BrN5O2S/c1-12-6-5-7-13(10-12)22-18-21-11-14(19)17(24-18)23-15-8-3-4-9-16(15)27(25,26)20-2/h3-11,20H,1-2H3,(H2,21,22,23,24). The summed E-state index contributed by atoms with van der Waals surface area (Å²) < 4.78 is 27.4. The summed E-state index contributed by atoms with van der Waals surface area (Å²) in [6.45, 7) is 2.00. The molecule has 9 heteroatoms. The van der Waals surface area contributed by atoms with Crippen LogP contribution in [0.5, 0.6) is 0 Å². The van der Waals surface area contributed by atoms with Crippen LogP contribution in [0.4, 0.5) is 23.1 Å². The van der Waals surface area contributed by atoms with E-state index in [1.54, 1.807) is 24.4 Å². The Balaban J connectivity index is 1.93. The van der Waals surface area contributed by atoms with Gasteiger partial charge in [-0.25, -0.2) is 18.1 Å². The van der Waals surface area contributed by atoms with Crippen LogP contribution in [0.15, 0.2) is 64.1 Å². The minimum atomic E-state index is -3.61. The quantitative estimate of drug-likeness (QED) is 0.529. The van der Waals surface area contributed by atoms with E-state index in [0.29, 0.717) is 21.9 Å². The molecule has 0 unspecified atom stereocenters. The maximum atomic E-state index is 12.2. The van der Waals surface area contributed by atoms with Gasteiger partial charge in [-0.2, -0.15) is 4.98 Å². The number of rotatable bonds is 6. The zero-order chi connectivity index (χ0) is 19.4. The molecule has 0 saturated heterocycles. The fourth-order valence-electron chi connectivity index (χ4n) is 2.41. The lowest BCUT2D eigenvalue weighted by Crippen LogP contribution is -2.19. The maximum absolute atomic E-state index is 12.2. The molecule has 0 saturated carbocycles. The van der Waals surface area contributed by atoms with Gasteiger partial charge in [0.25, 0.3) is 0 Å². The van der Waals surface area contributed by atoms with E-state index in [4.69, 9.17) is 0 Å². The van der Waals surface area contributed by atoms with Gasteiger partial charge < -0.3 is 10.6 Å². The first-order chi connectivity index (χ1) is 12.9. The van der Waals surface area contributed by atoms with Gasteiger partial charge in [0.15, 0.2) is 0 Å². The number of halogens is 1. The van der Waals surface area contributed by atoms with Crippen LogP contribution < -0.4 is 15.4 Å². The van der Waals surface area contributed by atoms with Crippen LogP contribution in [0.25, 0.3) is 0 Å². The first-order valence-corrected chi connectivity index (χ1v) is 10.3. The molecule has 3 rings (SSSR count). The van der Waals surface area contributed by atoms with Crippen molar-refractivity contribution in [1.82, 2.24) is 14.7 Å². The monoisotopic (exact) mass is 447 g/mol. The van der Waals surface area contributed by atoms with Crippen molar-refractivity contribution < 1.29 is 8.42 Å². The van der Waals surface area contributed by atoms with Crippen LogP contribution >= 0.6 is 15.9 Å². The number of nitrogens with zero attached hydrogens (tertiary/aromatic N) is 2. The summed E-state index contributed by atoms with van der Waals surface area (Å²) in [5.74, 6) is 0.833. The van der Waals surface area contributed by atoms with E-state index in [0.717, 1.165) is 11.3 Å². The summed E-state index contributed by atoms with van der Waals surface area (Å²) in [6.07, 6.45) is 1.60. The Morgan fingerprint density at radius 2 is 1.81 bits per heavy atom. The molecule has 0 atom stereocenters. The second-order valence-electron chi connectivity index (χ2n) is 5.71. The van der Waals surface area contributed by atoms with Crippen LogP contribution in [0, 0.1) is 6.92 Å². The molecule has 0 radical (unpaired) electrons. The minimum Gasteiger partial charge on any atom is -0.338 e. The van der Waals surface area contributed by atoms with Gasteiger partial charge in [-0.1, -0.05) is 24.3 Å². The molecule has 0 bridgehead atoms. The van der Waals surface area contributed by atoms with Crippen molar-refractivity contribution in [3.05, 3.63) is 64.8 Å². The predicted octanol–water partition coefficient (Wildman–Crippen LogP) is 3.94. The Labute approximate surface area is 166 Å². The normalized spacial score (nSPS) is 11.2. The Morgan fingerprint density at radius 1 is 1.04 bits per heavy atom. The lowest BCUT2D eigenvalue weighted by Gasteiger charge is -2.13. The molecule has 0 aliphatic carbocycles. The number of anilines is 4. The fraction of sp³-hybridized carbons (Fsp3) is 0.111. The molecular formula is C18H18BrN5O2S. The van der Waals surface area contributed by atoms with Crippen molar-refractivity contribution >= 4 is 49.1 Å². The van der Waals surface area contributed by atoms with Crippen molar-refractivity contribution in [3.63, 3.8) is 0 Å². The second-order valence-corrected chi connectivity index (χ2v) is 8.42. The topological polar surface area (TPSA) is 96.0 Å². The third kappa shape index (κ3) is 4.62. The van der Waals surface area contributed by atoms with Crippen molar-refractivity contribution in [1.29, 1.82) is 0 Å². The average molecular weight is 448 g/mol. The third-order valence-corrected chi connectivity index (χ3v) is 5.77. The second kappa shape index (κ2) is 8.03. The van der Waals surface area contributed by atoms with Gasteiger partial charge in [0.05, 0.1) is 10.2 Å². The first kappa shape index (κ1) is 19.3. The number of para-hydroxylation sites is 1. The molecule has 3 N–H and O–H groups in total. The summed E-state index contributed by atoms with van der Waals surface area (Å²) in [6, 6.07) is 14.4. The highest BCUT2D eigenvalue weighted by atomic mass is 79.9. The van der Waals surface area contributed by atoms with Gasteiger partial charge in [-0.05, 0) is 59.7 Å². The number of benzene rings is 2. The van der Waals surface area contributed by atoms with Crippen molar-refractivity contribution in [3.8, 4) is 0 Å². The molecule has 7 nitrogen and oxygen atoms in total. The van der Waals surface area contributed by atoms with Crippen LogP contribution in [-0.2, 0) is 10.0 Å². The lowest BCUT2D eigenvalue weighted by molar-refractivity contribution is 0.588. The number of nitrogens with one attached hydrogen (secondary N) is 3. The first-order valence-electron chi connectivity index (χ1n) is 8.05. The third-order valence-electron chi connectivity index (χ3n) is 3.72. The van der Waals surface area contributed by atoms with Gasteiger partial charge in [-0.3, -0.25) is 0 Å². The number of aromatic nitrogens is 2. The number of hydrogen-bond donors (Lipinski definition) is 3. The van der Waals surface area contributed by atoms with Gasteiger partial charge in [0, 0.05) is 11.9 Å². The molecule has 0 aliphatic rings. The fourth-order valence-corrected chi connectivity index (χ4v) is 3.59. The maximum Gasteiger partial charge on any atom is 0.242 e. The zero-order valence-electron chi connectivity index (χ0n) is 14.7. The molecule has 1 aromatic heterocycles. The van der Waals surface area contributed by atoms with E-state index < -0.39 is 10.0 Å². The van der Waals surface area contributed by atoms with E-state index in [2.05, 4.69) is 41.3 Å². The number of aryl methyl sites for hydroxylation is 1. The molecule has 0 spiro atoms. The molecule has 27 heavy (non-hydrogen) atoms. The molecule has 0 fully saturated rings. The Kier molecular flexibility index (Phi) is 5.73. The SMILES string of the molecule is CNS(=O)(=O)c1ccccc1Nc1nc(Nc2cccc(C)c2)ncc1Br. The van der Waals surface area contributed by atoms with E-state index >= 15 is 0 Å². The number of hydrogen-bond acceptors (Lipinski definition) is 6. The van der Waals surface area contributed by atoms with Gasteiger partial charge in [0.2, 0.25) is 16.0 Å². The van der Waals surface area contributed by atoms with Gasteiger partial charge in [-0.15, -0.1) is 0 Å². The number of sulfonamides is 1. The molecule has 3 aromatic rings. The Bertz CT molecular complexity index is 1070. The smallest absolute Gasteiger partial charge is 0.242 e. The van der Waals surface area contributed by atoms with Crippen molar-refractivity contribution in [2.24, 2.45) is 0 Å². The summed E-state index contributed by atoms with van der Waals surface area (Å²) in [7, 11) is -2.24. The van der Waals surface area contributed by atoms with E-state index in [-0.39, 0.29) is 4.90 Å². The Morgan fingerprint density at radius 3 is 2.56 bits per heavy atom. The van der Waals surface area contributed by atoms with E-state index in [1.807, 2.05) is 31.2 Å². The van der Waals surface area contributed by atoms with Gasteiger partial charge >= 0.3 is 0 Å². The highest BCUT2D eigenvalue weighted by Gasteiger charge is 2.17. The van der Waals surface area contributed by atoms with Gasteiger partial charge in [0.1, 0.15) is 10.7 Å². The van der Waals surface area contributed by atoms with Crippen LogP contribution in [0.2, 0.25) is 0 Å². The van der Waals surface area contributed by atoms with E-state index in [9.17, 15) is 8.42 Å². The van der Waals surface area contributed by atoms with Crippen LogP contribution in [-0.4, -0.2) is 25.4 Å². The highest BCUT2D eigenvalue weighted by molar-refractivity contribution is 9.10. The molecule has 1 heterocycles. The zero-order valence-corrected chi connectivity index (χ0v) is 17.1. The molecule has 0 aliphatic heterocycles. The van der Waals surface area contributed by atoms with Crippen LogP contribution in [0.3, 0.4) is 0 Å². The molecule has 2 aromatic carbocycles. The lowest BCUT2D eigenvalue weighted by atomic mass is 10.2.